The highest BCUT2D eigenvalue weighted by Gasteiger charge is 2.41. The van der Waals surface area contributed by atoms with Crippen LogP contribution in [0.4, 0.5) is 0 Å². The van der Waals surface area contributed by atoms with Gasteiger partial charge in [0.1, 0.15) is 18.4 Å². The van der Waals surface area contributed by atoms with Crippen molar-refractivity contribution in [2.75, 3.05) is 19.9 Å². The summed E-state index contributed by atoms with van der Waals surface area (Å²) in [7, 11) is -3.34. The quantitative estimate of drug-likeness (QED) is 0.219. The van der Waals surface area contributed by atoms with Gasteiger partial charge in [-0.15, -0.1) is 0 Å². The second-order valence-electron chi connectivity index (χ2n) is 11.6. The number of Topliss-reactive ketones (excluding diaryl/α,β-unsaturated/α-hetero) is 1. The Hall–Kier alpha value is -3.36. The van der Waals surface area contributed by atoms with Gasteiger partial charge in [0.15, 0.2) is 5.78 Å². The van der Waals surface area contributed by atoms with Gasteiger partial charge in [0.2, 0.25) is 13.3 Å². The molecule has 230 valence electrons. The van der Waals surface area contributed by atoms with Crippen molar-refractivity contribution >= 4 is 41.1 Å². The van der Waals surface area contributed by atoms with Crippen LogP contribution >= 0.6 is 7.37 Å². The largest absolute Gasteiger partial charge is 0.481 e. The second-order valence-corrected chi connectivity index (χ2v) is 14.0. The van der Waals surface area contributed by atoms with E-state index in [-0.39, 0.29) is 5.92 Å². The molecule has 1 fully saturated rings. The van der Waals surface area contributed by atoms with Gasteiger partial charge in [0.25, 0.3) is 0 Å². The Balaban J connectivity index is 1.57. The Labute approximate surface area is 252 Å². The van der Waals surface area contributed by atoms with Crippen LogP contribution in [0.3, 0.4) is 0 Å². The molecule has 9 nitrogen and oxygen atoms in total. The molecule has 0 bridgehead atoms. The van der Waals surface area contributed by atoms with Gasteiger partial charge in [-0.2, -0.15) is 0 Å². The normalized spacial score (nSPS) is 19.8. The molecule has 0 saturated carbocycles. The Morgan fingerprint density at radius 1 is 0.977 bits per heavy atom. The number of ketones is 1. The van der Waals surface area contributed by atoms with Crippen molar-refractivity contribution in [2.24, 2.45) is 5.92 Å². The van der Waals surface area contributed by atoms with Gasteiger partial charge in [-0.3, -0.25) is 24.3 Å². The topological polar surface area (TPSA) is 131 Å². The highest BCUT2D eigenvalue weighted by atomic mass is 31.2. The van der Waals surface area contributed by atoms with Crippen molar-refractivity contribution in [3.05, 3.63) is 78.4 Å². The smallest absolute Gasteiger partial charge is 0.305 e. The lowest BCUT2D eigenvalue weighted by Crippen LogP contribution is -2.58. The summed E-state index contributed by atoms with van der Waals surface area (Å²) in [6, 6.07) is 20.4. The molecule has 3 aromatic carbocycles. The van der Waals surface area contributed by atoms with E-state index in [0.717, 1.165) is 29.2 Å². The first-order valence-electron chi connectivity index (χ1n) is 14.7. The molecule has 0 aromatic heterocycles. The fourth-order valence-electron chi connectivity index (χ4n) is 5.51. The van der Waals surface area contributed by atoms with Crippen molar-refractivity contribution in [3.63, 3.8) is 0 Å². The summed E-state index contributed by atoms with van der Waals surface area (Å²) < 4.78 is 25.1. The first-order valence-corrected chi connectivity index (χ1v) is 16.8. The van der Waals surface area contributed by atoms with Crippen molar-refractivity contribution < 1.29 is 33.3 Å². The Kier molecular flexibility index (Phi) is 10.9. The van der Waals surface area contributed by atoms with Crippen LogP contribution in [0.5, 0.6) is 0 Å². The molecular weight excluding hydrogens is 567 g/mol. The van der Waals surface area contributed by atoms with E-state index in [1.807, 2.05) is 56.3 Å². The maximum Gasteiger partial charge on any atom is 0.305 e. The van der Waals surface area contributed by atoms with Crippen LogP contribution < -0.4 is 15.9 Å². The highest BCUT2D eigenvalue weighted by Crippen LogP contribution is 2.41. The van der Waals surface area contributed by atoms with Gasteiger partial charge in [-0.25, -0.2) is 0 Å². The van der Waals surface area contributed by atoms with Gasteiger partial charge >= 0.3 is 5.97 Å². The average molecular weight is 609 g/mol. The van der Waals surface area contributed by atoms with Crippen LogP contribution in [0.15, 0.2) is 72.8 Å². The van der Waals surface area contributed by atoms with Crippen molar-refractivity contribution in [3.8, 4) is 0 Å². The zero-order valence-corrected chi connectivity index (χ0v) is 25.8. The van der Waals surface area contributed by atoms with Gasteiger partial charge in [-0.1, -0.05) is 74.5 Å². The number of ether oxygens (including phenoxy) is 1. The lowest BCUT2D eigenvalue weighted by molar-refractivity contribution is -0.142. The van der Waals surface area contributed by atoms with Gasteiger partial charge in [0, 0.05) is 24.1 Å². The zero-order valence-electron chi connectivity index (χ0n) is 25.0. The number of carboxylic acid groups (broad SMARTS) is 1. The molecule has 1 saturated heterocycles. The molecule has 4 atom stereocenters. The molecule has 1 heterocycles. The Morgan fingerprint density at radius 3 is 2.35 bits per heavy atom. The second kappa shape index (κ2) is 14.4. The number of benzene rings is 3. The molecule has 1 amide bonds. The standard InChI is InChI=1S/C33H41N2O7P/c1-23(2)20-29(35-33(18-9-10-19-41-33)27-17-11-13-24-12-7-8-16-26(24)27)32(39)34-28(21-31(37)38)30(36)22-42-43(3,40)25-14-5-4-6-15-25/h4-8,11-17,23,28-29,35H,9-10,18-22H2,1-3H3,(H,34,39)(H,37,38)/t28-,29-,33?,43?/m0/s1. The number of fused-ring (bicyclic) bond motifs is 1. The van der Waals surface area contributed by atoms with Crippen LogP contribution in [0.2, 0.25) is 0 Å². The number of nitrogens with one attached hydrogen (secondary N) is 2. The predicted molar refractivity (Wildman–Crippen MR) is 167 cm³/mol. The van der Waals surface area contributed by atoms with E-state index in [1.165, 1.54) is 6.66 Å². The third-order valence-electron chi connectivity index (χ3n) is 7.69. The third kappa shape index (κ3) is 8.39. The lowest BCUT2D eigenvalue weighted by atomic mass is 9.88. The van der Waals surface area contributed by atoms with E-state index in [1.54, 1.807) is 30.3 Å². The fourth-order valence-corrected chi connectivity index (χ4v) is 6.75. The van der Waals surface area contributed by atoms with Crippen LogP contribution in [-0.4, -0.2) is 54.7 Å². The monoisotopic (exact) mass is 608 g/mol. The summed E-state index contributed by atoms with van der Waals surface area (Å²) in [5, 5.41) is 18.2. The van der Waals surface area contributed by atoms with Crippen LogP contribution in [0, 0.1) is 5.92 Å². The first kappa shape index (κ1) is 32.6. The molecule has 1 aliphatic heterocycles. The van der Waals surface area contributed by atoms with Gasteiger partial charge in [-0.05, 0) is 54.5 Å². The summed E-state index contributed by atoms with van der Waals surface area (Å²) in [5.74, 6) is -2.33. The molecule has 0 aliphatic carbocycles. The summed E-state index contributed by atoms with van der Waals surface area (Å²) in [4.78, 5) is 38.7. The minimum atomic E-state index is -3.34. The van der Waals surface area contributed by atoms with E-state index in [0.29, 0.717) is 24.8 Å². The molecule has 0 radical (unpaired) electrons. The summed E-state index contributed by atoms with van der Waals surface area (Å²) in [6.07, 6.45) is 2.22. The van der Waals surface area contributed by atoms with Crippen molar-refractivity contribution in [1.29, 1.82) is 0 Å². The SMILES string of the molecule is CC(C)C[C@H](NC1(c2cccc3ccccc23)CCCCO1)C(=O)N[C@@H](CC(=O)O)C(=O)COP(C)(=O)c1ccccc1. The number of amides is 1. The fraction of sp³-hybridized carbons (Fsp3) is 0.424. The summed E-state index contributed by atoms with van der Waals surface area (Å²) >= 11 is 0. The number of hydrogen-bond acceptors (Lipinski definition) is 7. The average Bonchev–Trinajstić information content (AvgIpc) is 2.99. The number of hydrogen-bond donors (Lipinski definition) is 3. The van der Waals surface area contributed by atoms with Crippen molar-refractivity contribution in [1.82, 2.24) is 10.6 Å². The zero-order chi connectivity index (χ0) is 31.0. The van der Waals surface area contributed by atoms with E-state index in [9.17, 15) is 24.1 Å². The summed E-state index contributed by atoms with van der Waals surface area (Å²) in [6.45, 7) is 5.29. The number of rotatable bonds is 14. The van der Waals surface area contributed by atoms with E-state index >= 15 is 0 Å². The van der Waals surface area contributed by atoms with Crippen LogP contribution in [0.25, 0.3) is 10.8 Å². The Bertz CT molecular complexity index is 1470. The molecule has 0 spiro atoms. The maximum atomic E-state index is 13.8. The molecular formula is C33H41N2O7P. The number of aliphatic carboxylic acids is 1. The Morgan fingerprint density at radius 2 is 1.67 bits per heavy atom. The number of carboxylic acids is 1. The minimum absolute atomic E-state index is 0.102. The lowest BCUT2D eigenvalue weighted by Gasteiger charge is -2.42. The molecule has 10 heteroatoms. The molecule has 2 unspecified atom stereocenters. The van der Waals surface area contributed by atoms with Gasteiger partial charge in [0.05, 0.1) is 12.5 Å². The molecule has 43 heavy (non-hydrogen) atoms. The maximum absolute atomic E-state index is 13.8. The first-order chi connectivity index (χ1) is 20.5. The predicted octanol–water partition coefficient (Wildman–Crippen LogP) is 4.98. The highest BCUT2D eigenvalue weighted by molar-refractivity contribution is 7.66. The minimum Gasteiger partial charge on any atom is -0.481 e. The number of carbonyl (C=O) groups excluding carboxylic acids is 2. The number of carbonyl (C=O) groups is 3. The summed E-state index contributed by atoms with van der Waals surface area (Å²) in [5.41, 5.74) is -0.0197. The van der Waals surface area contributed by atoms with E-state index < -0.39 is 55.9 Å². The van der Waals surface area contributed by atoms with E-state index in [2.05, 4.69) is 10.6 Å². The molecule has 3 N–H and O–H groups in total. The van der Waals surface area contributed by atoms with Crippen LogP contribution in [0.1, 0.15) is 51.5 Å². The van der Waals surface area contributed by atoms with Crippen molar-refractivity contribution in [2.45, 2.75) is 63.8 Å². The molecule has 1 aliphatic rings. The molecule has 3 aromatic rings. The van der Waals surface area contributed by atoms with Crippen LogP contribution in [-0.2, 0) is 33.9 Å². The van der Waals surface area contributed by atoms with Gasteiger partial charge < -0.3 is 19.7 Å². The van der Waals surface area contributed by atoms with E-state index in [4.69, 9.17) is 9.26 Å². The third-order valence-corrected chi connectivity index (χ3v) is 9.55. The molecule has 4 rings (SSSR count).